The van der Waals surface area contributed by atoms with Crippen LogP contribution in [0.4, 0.5) is 0 Å². The summed E-state index contributed by atoms with van der Waals surface area (Å²) in [5.74, 6) is -0.950. The maximum absolute atomic E-state index is 11.0. The summed E-state index contributed by atoms with van der Waals surface area (Å²) in [6.07, 6.45) is 24.2. The van der Waals surface area contributed by atoms with E-state index in [2.05, 4.69) is 13.8 Å². The molecule has 0 aliphatic carbocycles. The fraction of sp³-hybridized carbons (Fsp3) is 1.00. The van der Waals surface area contributed by atoms with Crippen LogP contribution in [0.3, 0.4) is 0 Å². The van der Waals surface area contributed by atoms with Crippen LogP contribution in [0.2, 0.25) is 0 Å². The molecule has 16 heteroatoms. The maximum atomic E-state index is 11.0. The summed E-state index contributed by atoms with van der Waals surface area (Å²) in [6.45, 7) is 11.8. The summed E-state index contributed by atoms with van der Waals surface area (Å²) in [4.78, 5) is 0. The first-order valence-electron chi connectivity index (χ1n) is 21.7. The SMILES string of the molecule is CCCCCCCCCCCCOCC(COCC(C)(C)COCC(COCCCCCCCCCCCC)OCCCS(=O)(=O)[O-])OCCCS(=O)(=O)[O-].[Na+].[Na+]. The van der Waals surface area contributed by atoms with Crippen LogP contribution in [0.25, 0.3) is 0 Å². The number of unbranched alkanes of at least 4 members (excludes halogenated alkanes) is 18. The number of ether oxygens (including phenoxy) is 6. The van der Waals surface area contributed by atoms with Crippen LogP contribution in [0.5, 0.6) is 0 Å². The molecule has 0 aromatic rings. The zero-order chi connectivity index (χ0) is 40.9. The van der Waals surface area contributed by atoms with Crippen molar-refractivity contribution in [3.8, 4) is 0 Å². The van der Waals surface area contributed by atoms with E-state index in [4.69, 9.17) is 28.4 Å². The van der Waals surface area contributed by atoms with Gasteiger partial charge in [-0.25, -0.2) is 16.8 Å². The third-order valence-electron chi connectivity index (χ3n) is 9.27. The van der Waals surface area contributed by atoms with Gasteiger partial charge in [0.2, 0.25) is 0 Å². The first-order chi connectivity index (χ1) is 26.3. The molecule has 0 saturated heterocycles. The minimum Gasteiger partial charge on any atom is -0.748 e. The van der Waals surface area contributed by atoms with Crippen molar-refractivity contribution in [2.45, 2.75) is 181 Å². The molecular weight excluding hydrogens is 795 g/mol. The second kappa shape index (κ2) is 42.9. The van der Waals surface area contributed by atoms with E-state index in [0.717, 1.165) is 25.7 Å². The van der Waals surface area contributed by atoms with Gasteiger partial charge in [0.25, 0.3) is 0 Å². The van der Waals surface area contributed by atoms with Crippen molar-refractivity contribution in [1.82, 2.24) is 0 Å². The number of hydrogen-bond donors (Lipinski definition) is 0. The predicted octanol–water partition coefficient (Wildman–Crippen LogP) is 2.57. The minimum absolute atomic E-state index is 0. The first kappa shape index (κ1) is 62.9. The molecule has 57 heavy (non-hydrogen) atoms. The second-order valence-electron chi connectivity index (χ2n) is 15.9. The van der Waals surface area contributed by atoms with Gasteiger partial charge in [0.1, 0.15) is 12.2 Å². The third kappa shape index (κ3) is 50.1. The standard InChI is InChI=1S/C41H84O12S2.2Na/c1-5-7-9-11-13-15-17-19-21-23-27-48-33-39(52-29-25-31-54(42,43)44)35-50-37-41(3,4)38-51-36-40(53-30-26-32-55(45,46)47)34-49-28-24-22-20-18-16-14-12-10-8-6-2;;/h39-40H,5-38H2,1-4H3,(H,42,43,44)(H,45,46,47);;/q;2*+1/p-2. The Morgan fingerprint density at radius 1 is 0.421 bits per heavy atom. The van der Waals surface area contributed by atoms with Gasteiger partial charge in [0.05, 0.1) is 59.9 Å². The molecule has 332 valence electrons. The Balaban J connectivity index is -0.0000146. The van der Waals surface area contributed by atoms with Crippen molar-refractivity contribution < 1.29 is 113 Å². The molecule has 0 amide bonds. The Kier molecular flexibility index (Phi) is 47.3. The molecule has 0 aromatic heterocycles. The Bertz CT molecular complexity index is 972. The van der Waals surface area contributed by atoms with E-state index >= 15 is 0 Å². The molecule has 0 saturated carbocycles. The Morgan fingerprint density at radius 3 is 1.00 bits per heavy atom. The van der Waals surface area contributed by atoms with E-state index in [0.29, 0.717) is 39.6 Å². The van der Waals surface area contributed by atoms with Crippen molar-refractivity contribution >= 4 is 20.2 Å². The molecule has 0 aliphatic rings. The van der Waals surface area contributed by atoms with Crippen molar-refractivity contribution in [2.75, 3.05) is 77.6 Å². The number of rotatable bonds is 44. The molecule has 0 rings (SSSR count). The van der Waals surface area contributed by atoms with E-state index in [9.17, 15) is 25.9 Å². The first-order valence-corrected chi connectivity index (χ1v) is 24.8. The molecule has 0 bridgehead atoms. The van der Waals surface area contributed by atoms with E-state index < -0.39 is 43.9 Å². The molecule has 0 spiro atoms. The van der Waals surface area contributed by atoms with Gasteiger partial charge in [-0.3, -0.25) is 0 Å². The summed E-state index contributed by atoms with van der Waals surface area (Å²) in [7, 11) is -8.60. The summed E-state index contributed by atoms with van der Waals surface area (Å²) in [5, 5.41) is 0. The molecule has 0 aliphatic heterocycles. The second-order valence-corrected chi connectivity index (χ2v) is 19.0. The van der Waals surface area contributed by atoms with Crippen LogP contribution in [0.1, 0.15) is 169 Å². The van der Waals surface area contributed by atoms with Crippen molar-refractivity contribution in [2.24, 2.45) is 5.41 Å². The molecule has 0 radical (unpaired) electrons. The van der Waals surface area contributed by atoms with Gasteiger partial charge < -0.3 is 37.5 Å². The maximum Gasteiger partial charge on any atom is 1.00 e. The molecule has 2 unspecified atom stereocenters. The summed E-state index contributed by atoms with van der Waals surface area (Å²) in [6, 6.07) is 0. The van der Waals surface area contributed by atoms with E-state index in [1.807, 2.05) is 13.8 Å². The van der Waals surface area contributed by atoms with E-state index in [1.54, 1.807) is 0 Å². The summed E-state index contributed by atoms with van der Waals surface area (Å²) >= 11 is 0. The summed E-state index contributed by atoms with van der Waals surface area (Å²) in [5.41, 5.74) is -0.365. The topological polar surface area (TPSA) is 170 Å². The molecule has 0 fully saturated rings. The molecule has 12 nitrogen and oxygen atoms in total. The average molecular weight is 877 g/mol. The third-order valence-corrected chi connectivity index (χ3v) is 10.8. The van der Waals surface area contributed by atoms with Gasteiger partial charge in [-0.15, -0.1) is 0 Å². The van der Waals surface area contributed by atoms with Crippen LogP contribution in [0.15, 0.2) is 0 Å². The van der Waals surface area contributed by atoms with E-state index in [1.165, 1.54) is 103 Å². The summed E-state index contributed by atoms with van der Waals surface area (Å²) < 4.78 is 102. The zero-order valence-electron chi connectivity index (χ0n) is 37.4. The van der Waals surface area contributed by atoms with Crippen molar-refractivity contribution in [3.63, 3.8) is 0 Å². The minimum atomic E-state index is -4.30. The van der Waals surface area contributed by atoms with Crippen LogP contribution in [-0.2, 0) is 48.7 Å². The van der Waals surface area contributed by atoms with Gasteiger partial charge in [-0.05, 0) is 25.7 Å². The molecule has 0 heterocycles. The fourth-order valence-corrected chi connectivity index (χ4v) is 6.99. The van der Waals surface area contributed by atoms with Gasteiger partial charge in [0.15, 0.2) is 0 Å². The Labute approximate surface area is 394 Å². The van der Waals surface area contributed by atoms with Crippen LogP contribution >= 0.6 is 0 Å². The Morgan fingerprint density at radius 2 is 0.702 bits per heavy atom. The van der Waals surface area contributed by atoms with Crippen molar-refractivity contribution in [1.29, 1.82) is 0 Å². The molecule has 0 aromatic carbocycles. The molecular formula is C41H82Na2O12S2. The largest absolute Gasteiger partial charge is 1.00 e. The number of hydrogen-bond acceptors (Lipinski definition) is 12. The van der Waals surface area contributed by atoms with Gasteiger partial charge in [0, 0.05) is 43.3 Å². The normalized spacial score (nSPS) is 13.3. The molecule has 2 atom stereocenters. The van der Waals surface area contributed by atoms with Crippen LogP contribution < -0.4 is 59.1 Å². The van der Waals surface area contributed by atoms with Crippen molar-refractivity contribution in [3.05, 3.63) is 0 Å². The van der Waals surface area contributed by atoms with Gasteiger partial charge >= 0.3 is 59.1 Å². The van der Waals surface area contributed by atoms with Crippen LogP contribution in [0, 0.1) is 5.41 Å². The van der Waals surface area contributed by atoms with E-state index in [-0.39, 0.29) is 104 Å². The monoisotopic (exact) mass is 877 g/mol. The smallest absolute Gasteiger partial charge is 0.748 e. The average Bonchev–Trinajstić information content (AvgIpc) is 3.11. The zero-order valence-corrected chi connectivity index (χ0v) is 43.0. The predicted molar refractivity (Wildman–Crippen MR) is 219 cm³/mol. The quantitative estimate of drug-likeness (QED) is 0.0499. The fourth-order valence-electron chi connectivity index (χ4n) is 6.05. The molecule has 0 N–H and O–H groups in total. The Hall–Kier alpha value is 1.58. The van der Waals surface area contributed by atoms with Gasteiger partial charge in [-0.2, -0.15) is 0 Å². The van der Waals surface area contributed by atoms with Crippen LogP contribution in [-0.4, -0.2) is 116 Å². The van der Waals surface area contributed by atoms with Gasteiger partial charge in [-0.1, -0.05) is 143 Å².